The zero-order valence-electron chi connectivity index (χ0n) is 7.57. The van der Waals surface area contributed by atoms with Gasteiger partial charge in [0.05, 0.1) is 25.7 Å². The smallest absolute Gasteiger partial charge is 0.162 e. The van der Waals surface area contributed by atoms with Crippen molar-refractivity contribution < 1.29 is 14.6 Å². The first kappa shape index (κ1) is 9.62. The van der Waals surface area contributed by atoms with Crippen LogP contribution < -0.4 is 9.47 Å². The summed E-state index contributed by atoms with van der Waals surface area (Å²) in [5, 5.41) is 9.58. The molecule has 1 aromatic rings. The summed E-state index contributed by atoms with van der Waals surface area (Å²) in [6.45, 7) is 1.01. The molecule has 1 aliphatic rings. The highest BCUT2D eigenvalue weighted by atomic mass is 35.5. The lowest BCUT2D eigenvalue weighted by molar-refractivity contribution is 0.137. The average Bonchev–Trinajstić information content (AvgIpc) is 2.39. The van der Waals surface area contributed by atoms with E-state index in [0.29, 0.717) is 29.7 Å². The Morgan fingerprint density at radius 2 is 2.00 bits per heavy atom. The number of ether oxygens (including phenoxy) is 2. The van der Waals surface area contributed by atoms with E-state index in [2.05, 4.69) is 0 Å². The van der Waals surface area contributed by atoms with E-state index >= 15 is 0 Å². The molecule has 1 unspecified atom stereocenters. The van der Waals surface area contributed by atoms with Crippen LogP contribution in [0.4, 0.5) is 0 Å². The second kappa shape index (κ2) is 4.07. The van der Waals surface area contributed by atoms with Gasteiger partial charge in [-0.2, -0.15) is 0 Å². The van der Waals surface area contributed by atoms with E-state index < -0.39 is 0 Å². The maximum Gasteiger partial charge on any atom is 0.162 e. The van der Waals surface area contributed by atoms with Gasteiger partial charge in [0.2, 0.25) is 0 Å². The van der Waals surface area contributed by atoms with E-state index in [1.165, 1.54) is 0 Å². The molecule has 0 bridgehead atoms. The van der Waals surface area contributed by atoms with Crippen molar-refractivity contribution in [2.45, 2.75) is 0 Å². The number of benzene rings is 1. The molecular formula is C10H11ClO3. The van der Waals surface area contributed by atoms with Gasteiger partial charge in [-0.15, -0.1) is 0 Å². The van der Waals surface area contributed by atoms with Gasteiger partial charge in [0, 0.05) is 11.1 Å². The quantitative estimate of drug-likeness (QED) is 0.774. The molecule has 0 saturated carbocycles. The average molecular weight is 215 g/mol. The standard InChI is InChI=1S/C10H11ClO3/c11-8-1-2-9-10(3-8)14-6-7(4-12)5-13-9/h1-3,7,12H,4-6H2. The van der Waals surface area contributed by atoms with Crippen LogP contribution in [0.1, 0.15) is 0 Å². The van der Waals surface area contributed by atoms with Gasteiger partial charge >= 0.3 is 0 Å². The highest BCUT2D eigenvalue weighted by Gasteiger charge is 2.17. The van der Waals surface area contributed by atoms with Crippen molar-refractivity contribution in [1.29, 1.82) is 0 Å². The molecule has 0 spiro atoms. The first-order valence-corrected chi connectivity index (χ1v) is 4.83. The molecular weight excluding hydrogens is 204 g/mol. The Hall–Kier alpha value is -0.930. The van der Waals surface area contributed by atoms with Crippen LogP contribution in [-0.4, -0.2) is 24.9 Å². The van der Waals surface area contributed by atoms with Gasteiger partial charge in [0.1, 0.15) is 0 Å². The Balaban J connectivity index is 2.21. The lowest BCUT2D eigenvalue weighted by Gasteiger charge is -2.08. The van der Waals surface area contributed by atoms with Crippen LogP contribution in [0.3, 0.4) is 0 Å². The van der Waals surface area contributed by atoms with E-state index in [9.17, 15) is 0 Å². The zero-order valence-corrected chi connectivity index (χ0v) is 8.33. The summed E-state index contributed by atoms with van der Waals surface area (Å²) in [6.07, 6.45) is 0. The fraction of sp³-hybridized carbons (Fsp3) is 0.400. The van der Waals surface area contributed by atoms with E-state index in [-0.39, 0.29) is 12.5 Å². The Labute approximate surface area is 87.2 Å². The van der Waals surface area contributed by atoms with Gasteiger partial charge in [-0.25, -0.2) is 0 Å². The summed E-state index contributed by atoms with van der Waals surface area (Å²) >= 11 is 5.82. The first-order valence-electron chi connectivity index (χ1n) is 4.45. The lowest BCUT2D eigenvalue weighted by atomic mass is 10.2. The second-order valence-electron chi connectivity index (χ2n) is 3.26. The van der Waals surface area contributed by atoms with Crippen molar-refractivity contribution >= 4 is 11.6 Å². The van der Waals surface area contributed by atoms with Crippen molar-refractivity contribution in [3.05, 3.63) is 23.2 Å². The van der Waals surface area contributed by atoms with E-state index in [4.69, 9.17) is 26.2 Å². The molecule has 3 nitrogen and oxygen atoms in total. The Kier molecular flexibility index (Phi) is 2.79. The second-order valence-corrected chi connectivity index (χ2v) is 3.70. The lowest BCUT2D eigenvalue weighted by Crippen LogP contribution is -2.20. The number of halogens is 1. The van der Waals surface area contributed by atoms with Crippen LogP contribution in [0.25, 0.3) is 0 Å². The molecule has 1 atom stereocenters. The predicted octanol–water partition coefficient (Wildman–Crippen LogP) is 1.72. The number of rotatable bonds is 1. The summed E-state index contributed by atoms with van der Waals surface area (Å²) in [5.74, 6) is 1.36. The van der Waals surface area contributed by atoms with Crippen LogP contribution in [-0.2, 0) is 0 Å². The summed E-state index contributed by atoms with van der Waals surface area (Å²) in [4.78, 5) is 0. The maximum absolute atomic E-state index is 8.96. The molecule has 0 radical (unpaired) electrons. The molecule has 4 heteroatoms. The van der Waals surface area contributed by atoms with Gasteiger partial charge < -0.3 is 14.6 Å². The number of fused-ring (bicyclic) bond motifs is 1. The van der Waals surface area contributed by atoms with Crippen LogP contribution in [0.15, 0.2) is 18.2 Å². The van der Waals surface area contributed by atoms with Crippen molar-refractivity contribution in [3.8, 4) is 11.5 Å². The minimum atomic E-state index is 0.0289. The van der Waals surface area contributed by atoms with Gasteiger partial charge in [-0.05, 0) is 12.1 Å². The molecule has 0 aliphatic carbocycles. The van der Waals surface area contributed by atoms with Crippen LogP contribution in [0.2, 0.25) is 5.02 Å². The summed E-state index contributed by atoms with van der Waals surface area (Å²) in [5.41, 5.74) is 0. The molecule has 0 fully saturated rings. The molecule has 0 amide bonds. The Morgan fingerprint density at radius 1 is 1.29 bits per heavy atom. The summed E-state index contributed by atoms with van der Waals surface area (Å²) < 4.78 is 10.9. The molecule has 1 aliphatic heterocycles. The topological polar surface area (TPSA) is 38.7 Å². The third-order valence-electron chi connectivity index (χ3n) is 2.11. The molecule has 76 valence electrons. The number of hydrogen-bond donors (Lipinski definition) is 1. The fourth-order valence-electron chi connectivity index (χ4n) is 1.28. The van der Waals surface area contributed by atoms with Gasteiger partial charge in [-0.1, -0.05) is 11.6 Å². The van der Waals surface area contributed by atoms with Gasteiger partial charge in [0.15, 0.2) is 11.5 Å². The summed E-state index contributed by atoms with van der Waals surface area (Å²) in [7, 11) is 0. The molecule has 0 saturated heterocycles. The third kappa shape index (κ3) is 1.94. The van der Waals surface area contributed by atoms with Crippen LogP contribution in [0.5, 0.6) is 11.5 Å². The fourth-order valence-corrected chi connectivity index (χ4v) is 1.44. The van der Waals surface area contributed by atoms with Gasteiger partial charge in [-0.3, -0.25) is 0 Å². The monoisotopic (exact) mass is 214 g/mol. The van der Waals surface area contributed by atoms with Crippen molar-refractivity contribution in [1.82, 2.24) is 0 Å². The Bertz CT molecular complexity index is 327. The van der Waals surface area contributed by atoms with E-state index in [0.717, 1.165) is 0 Å². The highest BCUT2D eigenvalue weighted by molar-refractivity contribution is 6.30. The molecule has 14 heavy (non-hydrogen) atoms. The van der Waals surface area contributed by atoms with E-state index in [1.807, 2.05) is 0 Å². The number of aliphatic hydroxyl groups excluding tert-OH is 1. The molecule has 0 aromatic heterocycles. The summed E-state index contributed by atoms with van der Waals surface area (Å²) in [6, 6.07) is 5.25. The normalized spacial score (nSPS) is 20.3. The molecule has 2 rings (SSSR count). The van der Waals surface area contributed by atoms with Crippen molar-refractivity contribution in [2.75, 3.05) is 19.8 Å². The number of hydrogen-bond acceptors (Lipinski definition) is 3. The minimum Gasteiger partial charge on any atom is -0.489 e. The highest BCUT2D eigenvalue weighted by Crippen LogP contribution is 2.32. The molecule has 1 heterocycles. The zero-order chi connectivity index (χ0) is 9.97. The molecule has 1 aromatic carbocycles. The van der Waals surface area contributed by atoms with Crippen molar-refractivity contribution in [3.63, 3.8) is 0 Å². The van der Waals surface area contributed by atoms with Crippen LogP contribution in [0, 0.1) is 5.92 Å². The molecule has 1 N–H and O–H groups in total. The Morgan fingerprint density at radius 3 is 2.71 bits per heavy atom. The number of aliphatic hydroxyl groups is 1. The minimum absolute atomic E-state index is 0.0289. The van der Waals surface area contributed by atoms with E-state index in [1.54, 1.807) is 18.2 Å². The van der Waals surface area contributed by atoms with Crippen molar-refractivity contribution in [2.24, 2.45) is 5.92 Å². The third-order valence-corrected chi connectivity index (χ3v) is 2.35. The predicted molar refractivity (Wildman–Crippen MR) is 53.0 cm³/mol. The van der Waals surface area contributed by atoms with Gasteiger partial charge in [0.25, 0.3) is 0 Å². The first-order chi connectivity index (χ1) is 6.79. The largest absolute Gasteiger partial charge is 0.489 e. The SMILES string of the molecule is OCC1COc2ccc(Cl)cc2OC1. The van der Waals surface area contributed by atoms with Crippen LogP contribution >= 0.6 is 11.6 Å². The maximum atomic E-state index is 8.96.